The van der Waals surface area contributed by atoms with Gasteiger partial charge in [0.15, 0.2) is 0 Å². The zero-order valence-corrected chi connectivity index (χ0v) is 25.3. The van der Waals surface area contributed by atoms with Crippen LogP contribution in [0.4, 0.5) is 13.2 Å². The summed E-state index contributed by atoms with van der Waals surface area (Å²) in [5.41, 5.74) is 1.60. The van der Waals surface area contributed by atoms with E-state index in [-0.39, 0.29) is 23.1 Å². The first-order valence-corrected chi connectivity index (χ1v) is 15.2. The number of furan rings is 1. The lowest BCUT2D eigenvalue weighted by molar-refractivity contribution is -0.153. The number of rotatable bonds is 10. The topological polar surface area (TPSA) is 110 Å². The van der Waals surface area contributed by atoms with Gasteiger partial charge in [-0.1, -0.05) is 66.7 Å². The average molecular weight is 639 g/mol. The van der Waals surface area contributed by atoms with E-state index in [9.17, 15) is 31.5 Å². The van der Waals surface area contributed by atoms with Gasteiger partial charge in [0.2, 0.25) is 21.7 Å². The second-order valence-corrected chi connectivity index (χ2v) is 12.8. The van der Waals surface area contributed by atoms with E-state index in [4.69, 9.17) is 9.15 Å². The maximum Gasteiger partial charge on any atom is 0.449 e. The lowest BCUT2D eigenvalue weighted by Crippen LogP contribution is -2.30. The monoisotopic (exact) mass is 638 g/mol. The summed E-state index contributed by atoms with van der Waals surface area (Å²) in [4.78, 5) is 15.8. The van der Waals surface area contributed by atoms with Crippen molar-refractivity contribution in [3.05, 3.63) is 114 Å². The molecule has 5 aromatic rings. The number of methoxy groups -OCH3 is 1. The Kier molecular flexibility index (Phi) is 8.47. The zero-order valence-electron chi connectivity index (χ0n) is 24.5. The van der Waals surface area contributed by atoms with Crippen molar-refractivity contribution in [2.45, 2.75) is 43.4 Å². The molecule has 0 bridgehead atoms. The molecule has 234 valence electrons. The zero-order chi connectivity index (χ0) is 32.6. The van der Waals surface area contributed by atoms with E-state index in [0.29, 0.717) is 21.9 Å². The highest BCUT2D eigenvalue weighted by atomic mass is 32.2. The largest absolute Gasteiger partial charge is 0.481 e. The van der Waals surface area contributed by atoms with E-state index < -0.39 is 39.9 Å². The average Bonchev–Trinajstić information content (AvgIpc) is 3.50. The standard InChI is InChI=1S/C33H29F3N2O6S/c1-32(2,31(39)40)24-8-6-7-23(17-24)22-13-11-21(12-14-22)19-38(20-25-15-16-29(44-25)33(34,35)36)45(41,42)28-18-37-30(43-3)27-10-5-4-9-26(27)28/h4-18H,19-20H2,1-3H3,(H,39,40). The van der Waals surface area contributed by atoms with Crippen LogP contribution in [-0.4, -0.2) is 35.9 Å². The molecular formula is C33H29F3N2O6S. The van der Waals surface area contributed by atoms with Gasteiger partial charge in [0, 0.05) is 17.3 Å². The van der Waals surface area contributed by atoms with Crippen LogP contribution < -0.4 is 4.74 Å². The molecule has 0 aliphatic rings. The second-order valence-electron chi connectivity index (χ2n) is 10.9. The maximum atomic E-state index is 14.2. The van der Waals surface area contributed by atoms with E-state index in [2.05, 4.69) is 4.98 Å². The number of carbonyl (C=O) groups is 1. The van der Waals surface area contributed by atoms with E-state index >= 15 is 0 Å². The minimum Gasteiger partial charge on any atom is -0.481 e. The number of aliphatic carboxylic acids is 1. The summed E-state index contributed by atoms with van der Waals surface area (Å²) < 4.78 is 79.4. The summed E-state index contributed by atoms with van der Waals surface area (Å²) in [6.07, 6.45) is -3.56. The van der Waals surface area contributed by atoms with Gasteiger partial charge in [-0.3, -0.25) is 4.79 Å². The Hall–Kier alpha value is -4.68. The number of hydrogen-bond acceptors (Lipinski definition) is 6. The number of ether oxygens (including phenoxy) is 1. The van der Waals surface area contributed by atoms with Crippen molar-refractivity contribution in [3.63, 3.8) is 0 Å². The Morgan fingerprint density at radius 1 is 0.911 bits per heavy atom. The number of benzene rings is 3. The van der Waals surface area contributed by atoms with Gasteiger partial charge in [0.1, 0.15) is 10.7 Å². The summed E-state index contributed by atoms with van der Waals surface area (Å²) >= 11 is 0. The molecule has 5 rings (SSSR count). The fourth-order valence-electron chi connectivity index (χ4n) is 4.88. The van der Waals surface area contributed by atoms with Crippen LogP contribution in [0.1, 0.15) is 36.5 Å². The third-order valence-electron chi connectivity index (χ3n) is 7.57. The maximum absolute atomic E-state index is 14.2. The minimum atomic E-state index is -4.73. The van der Waals surface area contributed by atoms with Gasteiger partial charge >= 0.3 is 12.1 Å². The summed E-state index contributed by atoms with van der Waals surface area (Å²) in [5.74, 6) is -2.16. The van der Waals surface area contributed by atoms with Crippen molar-refractivity contribution in [2.24, 2.45) is 0 Å². The van der Waals surface area contributed by atoms with Gasteiger partial charge in [-0.25, -0.2) is 13.4 Å². The Morgan fingerprint density at radius 2 is 1.60 bits per heavy atom. The Balaban J connectivity index is 1.52. The van der Waals surface area contributed by atoms with Crippen LogP contribution in [0.2, 0.25) is 0 Å². The van der Waals surface area contributed by atoms with Crippen LogP contribution in [-0.2, 0) is 39.5 Å². The fourth-order valence-corrected chi connectivity index (χ4v) is 6.42. The number of hydrogen-bond donors (Lipinski definition) is 1. The first kappa shape index (κ1) is 31.7. The lowest BCUT2D eigenvalue weighted by Gasteiger charge is -2.23. The van der Waals surface area contributed by atoms with Crippen molar-refractivity contribution in [1.82, 2.24) is 9.29 Å². The minimum absolute atomic E-state index is 0.143. The molecule has 2 heterocycles. The SMILES string of the molecule is COc1ncc(S(=O)(=O)N(Cc2ccc(-c3cccc(C(C)(C)C(=O)O)c3)cc2)Cc2ccc(C(F)(F)F)o2)c2ccccc12. The van der Waals surface area contributed by atoms with Gasteiger partial charge in [-0.2, -0.15) is 17.5 Å². The van der Waals surface area contributed by atoms with Gasteiger partial charge in [0.25, 0.3) is 0 Å². The van der Waals surface area contributed by atoms with E-state index in [1.165, 1.54) is 13.3 Å². The molecule has 0 spiro atoms. The molecule has 1 N–H and O–H groups in total. The van der Waals surface area contributed by atoms with Gasteiger partial charge < -0.3 is 14.3 Å². The summed E-state index contributed by atoms with van der Waals surface area (Å²) in [6, 6.07) is 22.6. The first-order chi connectivity index (χ1) is 21.2. The lowest BCUT2D eigenvalue weighted by atomic mass is 9.83. The van der Waals surface area contributed by atoms with Gasteiger partial charge in [-0.15, -0.1) is 0 Å². The quantitative estimate of drug-likeness (QED) is 0.171. The number of aromatic nitrogens is 1. The molecule has 0 radical (unpaired) electrons. The molecule has 0 aliphatic heterocycles. The summed E-state index contributed by atoms with van der Waals surface area (Å²) in [5, 5.41) is 10.4. The van der Waals surface area contributed by atoms with E-state index in [1.807, 2.05) is 6.07 Å². The Labute approximate surface area is 257 Å². The predicted molar refractivity (Wildman–Crippen MR) is 161 cm³/mol. The molecule has 0 saturated carbocycles. The van der Waals surface area contributed by atoms with Crippen molar-refractivity contribution in [1.29, 1.82) is 0 Å². The van der Waals surface area contributed by atoms with Gasteiger partial charge in [0.05, 0.1) is 25.3 Å². The molecule has 0 atom stereocenters. The number of alkyl halides is 3. The molecule has 0 amide bonds. The van der Waals surface area contributed by atoms with Gasteiger partial charge in [-0.05, 0) is 54.3 Å². The number of nitrogens with zero attached hydrogens (tertiary/aromatic N) is 2. The van der Waals surface area contributed by atoms with Crippen molar-refractivity contribution >= 4 is 26.8 Å². The molecule has 45 heavy (non-hydrogen) atoms. The third kappa shape index (κ3) is 6.43. The summed E-state index contributed by atoms with van der Waals surface area (Å²) in [6.45, 7) is 2.56. The van der Waals surface area contributed by atoms with Crippen molar-refractivity contribution < 1.29 is 40.6 Å². The van der Waals surface area contributed by atoms with Crippen LogP contribution in [0.15, 0.2) is 100 Å². The molecule has 12 heteroatoms. The Morgan fingerprint density at radius 3 is 2.22 bits per heavy atom. The molecule has 8 nitrogen and oxygen atoms in total. The second kappa shape index (κ2) is 12.0. The van der Waals surface area contributed by atoms with Crippen LogP contribution in [0.25, 0.3) is 21.9 Å². The number of carboxylic acid groups (broad SMARTS) is 1. The molecule has 0 saturated heterocycles. The molecule has 0 unspecified atom stereocenters. The molecular weight excluding hydrogens is 609 g/mol. The van der Waals surface area contributed by atoms with Crippen molar-refractivity contribution in [2.75, 3.05) is 7.11 Å². The number of halogens is 3. The number of carboxylic acids is 1. The van der Waals surface area contributed by atoms with E-state index in [1.54, 1.807) is 80.6 Å². The van der Waals surface area contributed by atoms with Crippen LogP contribution in [0.3, 0.4) is 0 Å². The van der Waals surface area contributed by atoms with Crippen LogP contribution in [0, 0.1) is 0 Å². The number of sulfonamides is 1. The summed E-state index contributed by atoms with van der Waals surface area (Å²) in [7, 11) is -2.94. The number of fused-ring (bicyclic) bond motifs is 1. The first-order valence-electron chi connectivity index (χ1n) is 13.7. The highest BCUT2D eigenvalue weighted by Crippen LogP contribution is 2.34. The molecule has 3 aromatic carbocycles. The van der Waals surface area contributed by atoms with E-state index in [0.717, 1.165) is 27.6 Å². The highest BCUT2D eigenvalue weighted by Gasteiger charge is 2.36. The third-order valence-corrected chi connectivity index (χ3v) is 9.39. The highest BCUT2D eigenvalue weighted by molar-refractivity contribution is 7.89. The number of pyridine rings is 1. The Bertz CT molecular complexity index is 1970. The fraction of sp³-hybridized carbons (Fsp3) is 0.212. The molecule has 2 aromatic heterocycles. The molecule has 0 fully saturated rings. The smallest absolute Gasteiger partial charge is 0.449 e. The van der Waals surface area contributed by atoms with Crippen LogP contribution >= 0.6 is 0 Å². The predicted octanol–water partition coefficient (Wildman–Crippen LogP) is 7.28. The van der Waals surface area contributed by atoms with Crippen molar-refractivity contribution in [3.8, 4) is 17.0 Å². The van der Waals surface area contributed by atoms with Crippen LogP contribution in [0.5, 0.6) is 5.88 Å². The molecule has 0 aliphatic carbocycles. The normalized spacial score (nSPS) is 12.5.